The first-order valence-electron chi connectivity index (χ1n) is 3.84. The Morgan fingerprint density at radius 1 is 1.58 bits per heavy atom. The highest BCUT2D eigenvalue weighted by molar-refractivity contribution is 5.29. The summed E-state index contributed by atoms with van der Waals surface area (Å²) in [7, 11) is 0. The van der Waals surface area contributed by atoms with Crippen LogP contribution < -0.4 is 11.1 Å². The maximum atomic E-state index is 9.25. The zero-order chi connectivity index (χ0) is 9.14. The first-order chi connectivity index (χ1) is 5.65. The van der Waals surface area contributed by atoms with Crippen molar-refractivity contribution in [3.63, 3.8) is 0 Å². The molecule has 0 unspecified atom stereocenters. The number of anilines is 1. The van der Waals surface area contributed by atoms with E-state index in [0.29, 0.717) is 18.1 Å². The van der Waals surface area contributed by atoms with Crippen LogP contribution in [0.5, 0.6) is 0 Å². The lowest BCUT2D eigenvalue weighted by Crippen LogP contribution is -2.13. The number of nitrogens with two attached hydrogens (primary N) is 1. The molecule has 1 heterocycles. The molecule has 4 heteroatoms. The van der Waals surface area contributed by atoms with Gasteiger partial charge in [0.1, 0.15) is 5.82 Å². The van der Waals surface area contributed by atoms with Crippen LogP contribution in [0.4, 0.5) is 5.82 Å². The summed E-state index contributed by atoms with van der Waals surface area (Å²) >= 11 is 0. The summed E-state index contributed by atoms with van der Waals surface area (Å²) < 4.78 is 0.939. The van der Waals surface area contributed by atoms with Gasteiger partial charge in [0.15, 0.2) is 0 Å². The minimum absolute atomic E-state index is 0.308. The molecule has 3 N–H and O–H groups in total. The summed E-state index contributed by atoms with van der Waals surface area (Å²) in [5.41, 5.74) is 6.19. The molecule has 66 valence electrons. The molecule has 0 fully saturated rings. The smallest absolute Gasteiger partial charge is 0.141 e. The second-order valence-electron chi connectivity index (χ2n) is 2.57. The van der Waals surface area contributed by atoms with Gasteiger partial charge in [-0.25, -0.2) is 0 Å². The third-order valence-corrected chi connectivity index (χ3v) is 1.57. The molecular formula is C8H13N3O. The number of nitrogen functional groups attached to an aromatic ring is 1. The van der Waals surface area contributed by atoms with Gasteiger partial charge in [-0.15, -0.1) is 0 Å². The van der Waals surface area contributed by atoms with Crippen molar-refractivity contribution >= 4 is 5.82 Å². The van der Waals surface area contributed by atoms with E-state index in [1.54, 1.807) is 19.1 Å². The molecule has 1 aromatic rings. The predicted octanol–water partition coefficient (Wildman–Crippen LogP) is 0.537. The average molecular weight is 167 g/mol. The van der Waals surface area contributed by atoms with Crippen molar-refractivity contribution in [3.8, 4) is 0 Å². The van der Waals surface area contributed by atoms with Crippen molar-refractivity contribution in [2.24, 2.45) is 4.99 Å². The topological polar surface area (TPSA) is 63.5 Å². The van der Waals surface area contributed by atoms with Crippen LogP contribution >= 0.6 is 0 Å². The Labute approximate surface area is 70.9 Å². The summed E-state index contributed by atoms with van der Waals surface area (Å²) in [6.45, 7) is 4.44. The quantitative estimate of drug-likeness (QED) is 0.599. The molecule has 0 aromatic carbocycles. The van der Waals surface area contributed by atoms with Gasteiger partial charge in [-0.05, 0) is 19.9 Å². The van der Waals surface area contributed by atoms with Gasteiger partial charge in [-0.1, -0.05) is 0 Å². The minimum Gasteiger partial charge on any atom is -0.427 e. The highest BCUT2D eigenvalue weighted by Crippen LogP contribution is 1.99. The monoisotopic (exact) mass is 167 g/mol. The Bertz CT molecular complexity index is 314. The van der Waals surface area contributed by atoms with Gasteiger partial charge in [0.25, 0.3) is 0 Å². The number of aryl methyl sites for hydroxylation is 1. The van der Waals surface area contributed by atoms with Crippen molar-refractivity contribution < 1.29 is 5.21 Å². The molecule has 0 aliphatic rings. The van der Waals surface area contributed by atoms with E-state index in [9.17, 15) is 5.21 Å². The largest absolute Gasteiger partial charge is 0.427 e. The molecule has 4 nitrogen and oxygen atoms in total. The Balaban J connectivity index is 3.31. The highest BCUT2D eigenvalue weighted by atomic mass is 16.5. The lowest BCUT2D eigenvalue weighted by Gasteiger charge is -2.05. The van der Waals surface area contributed by atoms with Gasteiger partial charge < -0.3 is 10.9 Å². The van der Waals surface area contributed by atoms with Gasteiger partial charge >= 0.3 is 0 Å². The van der Waals surface area contributed by atoms with Crippen LogP contribution in [0.2, 0.25) is 0 Å². The minimum atomic E-state index is 0.308. The van der Waals surface area contributed by atoms with E-state index >= 15 is 0 Å². The number of nitrogens with zero attached hydrogens (tertiary/aromatic N) is 2. The SMILES string of the molecule is CCN=c1cc(C)n(O)c(N)c1. The molecule has 0 aliphatic heterocycles. The normalized spacial score (nSPS) is 12.0. The fourth-order valence-electron chi connectivity index (χ4n) is 1.01. The van der Waals surface area contributed by atoms with E-state index in [1.165, 1.54) is 0 Å². The number of hydrogen-bond acceptors (Lipinski definition) is 3. The molecule has 0 spiro atoms. The summed E-state index contributed by atoms with van der Waals surface area (Å²) in [6, 6.07) is 3.41. The van der Waals surface area contributed by atoms with E-state index in [1.807, 2.05) is 6.92 Å². The average Bonchev–Trinajstić information content (AvgIpc) is 2.01. The molecule has 0 saturated heterocycles. The molecule has 1 aromatic heterocycles. The zero-order valence-electron chi connectivity index (χ0n) is 7.28. The van der Waals surface area contributed by atoms with Gasteiger partial charge in [-0.3, -0.25) is 4.99 Å². The predicted molar refractivity (Wildman–Crippen MR) is 46.9 cm³/mol. The van der Waals surface area contributed by atoms with Crippen LogP contribution in [0.25, 0.3) is 0 Å². The number of hydrogen-bond donors (Lipinski definition) is 2. The van der Waals surface area contributed by atoms with Crippen LogP contribution in [0, 0.1) is 6.92 Å². The van der Waals surface area contributed by atoms with Gasteiger partial charge in [0.05, 0.1) is 11.1 Å². The van der Waals surface area contributed by atoms with Gasteiger partial charge in [0, 0.05) is 12.6 Å². The molecule has 1 rings (SSSR count). The maximum absolute atomic E-state index is 9.25. The Morgan fingerprint density at radius 3 is 2.75 bits per heavy atom. The molecule has 0 saturated carbocycles. The number of aromatic nitrogens is 1. The van der Waals surface area contributed by atoms with E-state index in [2.05, 4.69) is 4.99 Å². The summed E-state index contributed by atoms with van der Waals surface area (Å²) in [4.78, 5) is 4.16. The van der Waals surface area contributed by atoms with E-state index < -0.39 is 0 Å². The van der Waals surface area contributed by atoms with Crippen molar-refractivity contribution in [1.29, 1.82) is 0 Å². The molecule has 0 radical (unpaired) electrons. The van der Waals surface area contributed by atoms with Crippen LogP contribution in [0.1, 0.15) is 12.6 Å². The lowest BCUT2D eigenvalue weighted by molar-refractivity contribution is 0.184. The Morgan fingerprint density at radius 2 is 2.25 bits per heavy atom. The van der Waals surface area contributed by atoms with Crippen LogP contribution in [-0.2, 0) is 0 Å². The number of pyridine rings is 1. The fourth-order valence-corrected chi connectivity index (χ4v) is 1.01. The lowest BCUT2D eigenvalue weighted by atomic mass is 10.3. The van der Waals surface area contributed by atoms with Crippen molar-refractivity contribution in [2.75, 3.05) is 12.3 Å². The summed E-state index contributed by atoms with van der Waals surface area (Å²) in [6.07, 6.45) is 0. The van der Waals surface area contributed by atoms with Gasteiger partial charge in [-0.2, -0.15) is 4.73 Å². The van der Waals surface area contributed by atoms with Crippen LogP contribution in [0.3, 0.4) is 0 Å². The third-order valence-electron chi connectivity index (χ3n) is 1.57. The molecule has 0 amide bonds. The Kier molecular flexibility index (Phi) is 2.38. The first kappa shape index (κ1) is 8.64. The van der Waals surface area contributed by atoms with Crippen molar-refractivity contribution in [2.45, 2.75) is 13.8 Å². The first-order valence-corrected chi connectivity index (χ1v) is 3.84. The van der Waals surface area contributed by atoms with E-state index in [0.717, 1.165) is 10.1 Å². The highest BCUT2D eigenvalue weighted by Gasteiger charge is 1.96. The van der Waals surface area contributed by atoms with E-state index in [4.69, 9.17) is 5.73 Å². The number of rotatable bonds is 1. The third kappa shape index (κ3) is 1.58. The van der Waals surface area contributed by atoms with Crippen molar-refractivity contribution in [3.05, 3.63) is 23.2 Å². The Hall–Kier alpha value is -1.45. The molecular weight excluding hydrogens is 154 g/mol. The summed E-state index contributed by atoms with van der Waals surface area (Å²) in [5, 5.41) is 10.1. The van der Waals surface area contributed by atoms with Crippen LogP contribution in [-0.4, -0.2) is 16.5 Å². The summed E-state index contributed by atoms with van der Waals surface area (Å²) in [5.74, 6) is 0.308. The second kappa shape index (κ2) is 3.30. The fraction of sp³-hybridized carbons (Fsp3) is 0.375. The molecule has 0 bridgehead atoms. The van der Waals surface area contributed by atoms with Gasteiger partial charge in [0.2, 0.25) is 0 Å². The zero-order valence-corrected chi connectivity index (χ0v) is 7.28. The second-order valence-corrected chi connectivity index (χ2v) is 2.57. The standard InChI is InChI=1S/C8H13N3O/c1-3-10-7-4-6(2)11(12)8(9)5-7/h4-5,12H,3,9H2,1-2H3. The van der Waals surface area contributed by atoms with E-state index in [-0.39, 0.29) is 0 Å². The molecule has 0 aliphatic carbocycles. The van der Waals surface area contributed by atoms with Crippen LogP contribution in [0.15, 0.2) is 17.1 Å². The van der Waals surface area contributed by atoms with Crippen molar-refractivity contribution in [1.82, 2.24) is 4.73 Å². The maximum Gasteiger partial charge on any atom is 0.141 e. The molecule has 12 heavy (non-hydrogen) atoms. The molecule has 0 atom stereocenters.